The number of anilines is 3. The fraction of sp³-hybridized carbons (Fsp3) is 0.389. The number of thioether (sulfide) groups is 1. The van der Waals surface area contributed by atoms with Crippen LogP contribution in [0.1, 0.15) is 23.2 Å². The van der Waals surface area contributed by atoms with Gasteiger partial charge in [0, 0.05) is 37.6 Å². The molecule has 0 unspecified atom stereocenters. The lowest BCUT2D eigenvalue weighted by molar-refractivity contribution is 0.102. The molecule has 2 aromatic rings. The highest BCUT2D eigenvalue weighted by atomic mass is 32.2. The first kappa shape index (κ1) is 17.5. The zero-order valence-corrected chi connectivity index (χ0v) is 15.6. The van der Waals surface area contributed by atoms with Crippen molar-refractivity contribution in [1.82, 2.24) is 9.97 Å². The summed E-state index contributed by atoms with van der Waals surface area (Å²) in [5.41, 5.74) is 1.23. The quantitative estimate of drug-likeness (QED) is 0.830. The summed E-state index contributed by atoms with van der Waals surface area (Å²) in [7, 11) is 3.83. The average molecular weight is 357 g/mol. The third kappa shape index (κ3) is 4.04. The molecule has 1 aromatic heterocycles. The summed E-state index contributed by atoms with van der Waals surface area (Å²) in [6.45, 7) is 1.97. The Balaban J connectivity index is 1.81. The zero-order valence-electron chi connectivity index (χ0n) is 14.8. The number of rotatable bonds is 5. The summed E-state index contributed by atoms with van der Waals surface area (Å²) in [6, 6.07) is 7.55. The molecule has 132 valence electrons. The molecule has 2 heterocycles. The molecule has 0 radical (unpaired) electrons. The highest BCUT2D eigenvalue weighted by Crippen LogP contribution is 2.26. The van der Waals surface area contributed by atoms with E-state index >= 15 is 0 Å². The van der Waals surface area contributed by atoms with Gasteiger partial charge < -0.3 is 15.1 Å². The summed E-state index contributed by atoms with van der Waals surface area (Å²) < 4.78 is 0. The number of hydrogen-bond donors (Lipinski definition) is 1. The molecule has 3 rings (SSSR count). The monoisotopic (exact) mass is 357 g/mol. The van der Waals surface area contributed by atoms with Gasteiger partial charge in [0.05, 0.1) is 6.20 Å². The van der Waals surface area contributed by atoms with E-state index in [2.05, 4.69) is 20.2 Å². The average Bonchev–Trinajstić information content (AvgIpc) is 3.16. The van der Waals surface area contributed by atoms with Crippen molar-refractivity contribution in [2.75, 3.05) is 48.6 Å². The van der Waals surface area contributed by atoms with Crippen LogP contribution in [0.15, 0.2) is 35.4 Å². The van der Waals surface area contributed by atoms with Crippen LogP contribution in [0.2, 0.25) is 0 Å². The van der Waals surface area contributed by atoms with Crippen molar-refractivity contribution in [3.05, 3.63) is 36.0 Å². The van der Waals surface area contributed by atoms with Crippen molar-refractivity contribution in [2.45, 2.75) is 17.7 Å². The molecule has 0 saturated carbocycles. The van der Waals surface area contributed by atoms with E-state index in [4.69, 9.17) is 0 Å². The fourth-order valence-corrected chi connectivity index (χ4v) is 3.21. The second-order valence-electron chi connectivity index (χ2n) is 6.18. The first-order valence-electron chi connectivity index (χ1n) is 8.33. The molecule has 0 spiro atoms. The predicted molar refractivity (Wildman–Crippen MR) is 104 cm³/mol. The van der Waals surface area contributed by atoms with Crippen molar-refractivity contribution in [1.29, 1.82) is 0 Å². The number of amides is 1. The van der Waals surface area contributed by atoms with Crippen molar-refractivity contribution in [2.24, 2.45) is 0 Å². The van der Waals surface area contributed by atoms with Crippen LogP contribution in [-0.2, 0) is 0 Å². The second-order valence-corrected chi connectivity index (χ2v) is 7.06. The lowest BCUT2D eigenvalue weighted by Crippen LogP contribution is -2.23. The van der Waals surface area contributed by atoms with Gasteiger partial charge >= 0.3 is 0 Å². The zero-order chi connectivity index (χ0) is 17.8. The van der Waals surface area contributed by atoms with Gasteiger partial charge in [0.1, 0.15) is 5.69 Å². The van der Waals surface area contributed by atoms with E-state index in [1.54, 1.807) is 18.0 Å². The molecule has 1 fully saturated rings. The van der Waals surface area contributed by atoms with Crippen LogP contribution in [0.5, 0.6) is 0 Å². The molecule has 1 amide bonds. The van der Waals surface area contributed by atoms with Crippen LogP contribution >= 0.6 is 11.8 Å². The van der Waals surface area contributed by atoms with Gasteiger partial charge in [-0.1, -0.05) is 0 Å². The number of nitrogens with one attached hydrogen (secondary N) is 1. The Morgan fingerprint density at radius 1 is 1.20 bits per heavy atom. The van der Waals surface area contributed by atoms with Crippen molar-refractivity contribution in [3.63, 3.8) is 0 Å². The van der Waals surface area contributed by atoms with Gasteiger partial charge in [0.25, 0.3) is 5.91 Å². The van der Waals surface area contributed by atoms with E-state index in [0.29, 0.717) is 17.1 Å². The Labute approximate surface area is 152 Å². The molecule has 1 aromatic carbocycles. The van der Waals surface area contributed by atoms with Gasteiger partial charge in [0.15, 0.2) is 5.82 Å². The lowest BCUT2D eigenvalue weighted by Gasteiger charge is -2.21. The number of benzene rings is 1. The van der Waals surface area contributed by atoms with E-state index in [0.717, 1.165) is 23.9 Å². The largest absolute Gasteiger partial charge is 0.361 e. The molecule has 1 aliphatic heterocycles. The molecule has 1 aliphatic rings. The van der Waals surface area contributed by atoms with E-state index in [1.807, 2.05) is 49.5 Å². The van der Waals surface area contributed by atoms with E-state index < -0.39 is 0 Å². The third-order valence-electron chi connectivity index (χ3n) is 4.17. The van der Waals surface area contributed by atoms with Gasteiger partial charge in [-0.05, 0) is 43.4 Å². The number of hydrogen-bond acceptors (Lipinski definition) is 6. The van der Waals surface area contributed by atoms with Crippen LogP contribution < -0.4 is 15.1 Å². The van der Waals surface area contributed by atoms with E-state index in [-0.39, 0.29) is 5.91 Å². The third-order valence-corrected chi connectivity index (χ3v) is 4.91. The second kappa shape index (κ2) is 7.74. The Morgan fingerprint density at radius 3 is 2.48 bits per heavy atom. The standard InChI is InChI=1S/C18H23N5OS/c1-22(2)16-15(12-19-18(21-16)23-10-4-5-11-23)20-17(24)13-6-8-14(25-3)9-7-13/h6-9,12H,4-5,10-11H2,1-3H3,(H,20,24). The molecule has 1 N–H and O–H groups in total. The van der Waals surface area contributed by atoms with Gasteiger partial charge in [0.2, 0.25) is 5.95 Å². The normalized spacial score (nSPS) is 13.8. The molecule has 0 aliphatic carbocycles. The van der Waals surface area contributed by atoms with Crippen molar-refractivity contribution in [3.8, 4) is 0 Å². The van der Waals surface area contributed by atoms with Crippen LogP contribution in [0.25, 0.3) is 0 Å². The minimum Gasteiger partial charge on any atom is -0.361 e. The summed E-state index contributed by atoms with van der Waals surface area (Å²) >= 11 is 1.65. The number of aromatic nitrogens is 2. The first-order valence-corrected chi connectivity index (χ1v) is 9.55. The molecule has 7 heteroatoms. The van der Waals surface area contributed by atoms with Crippen LogP contribution in [0.3, 0.4) is 0 Å². The van der Waals surface area contributed by atoms with Crippen LogP contribution in [0.4, 0.5) is 17.5 Å². The van der Waals surface area contributed by atoms with Crippen LogP contribution in [0, 0.1) is 0 Å². The van der Waals surface area contributed by atoms with Crippen LogP contribution in [-0.4, -0.2) is 49.3 Å². The smallest absolute Gasteiger partial charge is 0.255 e. The SMILES string of the molecule is CSc1ccc(C(=O)Nc2cnc(N3CCCC3)nc2N(C)C)cc1. The topological polar surface area (TPSA) is 61.4 Å². The van der Waals surface area contributed by atoms with Crippen molar-refractivity contribution >= 4 is 35.1 Å². The van der Waals surface area contributed by atoms with Gasteiger partial charge in [-0.25, -0.2) is 4.98 Å². The van der Waals surface area contributed by atoms with Gasteiger partial charge in [-0.15, -0.1) is 11.8 Å². The summed E-state index contributed by atoms with van der Waals surface area (Å²) in [5, 5.41) is 2.93. The van der Waals surface area contributed by atoms with E-state index in [9.17, 15) is 4.79 Å². The lowest BCUT2D eigenvalue weighted by atomic mass is 10.2. The fourth-order valence-electron chi connectivity index (χ4n) is 2.80. The highest BCUT2D eigenvalue weighted by molar-refractivity contribution is 7.98. The molecular formula is C18H23N5OS. The number of nitrogens with zero attached hydrogens (tertiary/aromatic N) is 4. The Morgan fingerprint density at radius 2 is 1.88 bits per heavy atom. The molecular weight excluding hydrogens is 334 g/mol. The highest BCUT2D eigenvalue weighted by Gasteiger charge is 2.19. The summed E-state index contributed by atoms with van der Waals surface area (Å²) in [6.07, 6.45) is 6.05. The van der Waals surface area contributed by atoms with Gasteiger partial charge in [-0.3, -0.25) is 4.79 Å². The maximum Gasteiger partial charge on any atom is 0.255 e. The molecule has 25 heavy (non-hydrogen) atoms. The number of carbonyl (C=O) groups excluding carboxylic acids is 1. The Bertz CT molecular complexity index is 742. The first-order chi connectivity index (χ1) is 12.1. The minimum absolute atomic E-state index is 0.159. The molecule has 0 bridgehead atoms. The Hall–Kier alpha value is -2.28. The maximum absolute atomic E-state index is 12.5. The van der Waals surface area contributed by atoms with Crippen molar-refractivity contribution < 1.29 is 4.79 Å². The van der Waals surface area contributed by atoms with E-state index in [1.165, 1.54) is 12.8 Å². The Kier molecular flexibility index (Phi) is 5.43. The minimum atomic E-state index is -0.159. The molecule has 0 atom stereocenters. The molecule has 1 saturated heterocycles. The maximum atomic E-state index is 12.5. The summed E-state index contributed by atoms with van der Waals surface area (Å²) in [5.74, 6) is 1.28. The summed E-state index contributed by atoms with van der Waals surface area (Å²) in [4.78, 5) is 26.8. The number of carbonyl (C=O) groups is 1. The molecule has 6 nitrogen and oxygen atoms in total. The predicted octanol–water partition coefficient (Wildman–Crippen LogP) is 3.12. The van der Waals surface area contributed by atoms with Gasteiger partial charge in [-0.2, -0.15) is 4.98 Å².